The van der Waals surface area contributed by atoms with Crippen LogP contribution in [0.1, 0.15) is 5.76 Å². The van der Waals surface area contributed by atoms with Gasteiger partial charge in [0.15, 0.2) is 11.9 Å². The molecule has 2 aromatic heterocycles. The van der Waals surface area contributed by atoms with Gasteiger partial charge in [0.25, 0.3) is 0 Å². The summed E-state index contributed by atoms with van der Waals surface area (Å²) in [5, 5.41) is 12.3. The summed E-state index contributed by atoms with van der Waals surface area (Å²) < 4.78 is 11.3. The number of nitrogens with zero attached hydrogens (tertiary/aromatic N) is 3. The van der Waals surface area contributed by atoms with Gasteiger partial charge in [0.2, 0.25) is 11.0 Å². The highest BCUT2D eigenvalue weighted by atomic mass is 32.2. The minimum atomic E-state index is -0.399. The van der Waals surface area contributed by atoms with Gasteiger partial charge in [-0.3, -0.25) is 0 Å². The summed E-state index contributed by atoms with van der Waals surface area (Å²) in [4.78, 5) is 4.46. The Balaban J connectivity index is 1.75. The van der Waals surface area contributed by atoms with E-state index in [1.54, 1.807) is 6.26 Å². The molecule has 0 spiro atoms. The van der Waals surface area contributed by atoms with Crippen molar-refractivity contribution in [2.45, 2.75) is 11.4 Å². The number of furan rings is 1. The summed E-state index contributed by atoms with van der Waals surface area (Å²) in [5.41, 5.74) is 2.46. The molecule has 1 atom stereocenters. The van der Waals surface area contributed by atoms with Crippen molar-refractivity contribution in [2.24, 2.45) is 0 Å². The molecule has 6 nitrogen and oxygen atoms in total. The van der Waals surface area contributed by atoms with Crippen molar-refractivity contribution < 1.29 is 9.15 Å². The Morgan fingerprint density at radius 3 is 2.92 bits per heavy atom. The van der Waals surface area contributed by atoms with E-state index in [1.807, 2.05) is 54.8 Å². The third-order valence-electron chi connectivity index (χ3n) is 3.51. The molecule has 0 aliphatic carbocycles. The maximum absolute atomic E-state index is 6.01. The van der Waals surface area contributed by atoms with Crippen molar-refractivity contribution >= 4 is 23.5 Å². The minimum absolute atomic E-state index is 0.399. The molecule has 0 saturated heterocycles. The quantitative estimate of drug-likeness (QED) is 0.730. The standard InChI is InChI=1S/C17H14N4O2S/c1-24-17-19-16-15(20-21-17)12-6-2-3-7-13(12)18-14(23-16)9-8-11-5-4-10-22-11/h2-10,14,18H,1H3/b9-8+/t14-/m0/s1. The lowest BCUT2D eigenvalue weighted by Gasteiger charge is -2.15. The number of thioether (sulfide) groups is 1. The van der Waals surface area contributed by atoms with Gasteiger partial charge in [0.1, 0.15) is 5.76 Å². The number of rotatable bonds is 3. The summed E-state index contributed by atoms with van der Waals surface area (Å²) in [5.74, 6) is 1.21. The molecule has 7 heteroatoms. The molecular formula is C17H14N4O2S. The topological polar surface area (TPSA) is 73.1 Å². The zero-order valence-corrected chi connectivity index (χ0v) is 13.7. The fraction of sp³-hybridized carbons (Fsp3) is 0.118. The molecule has 1 N–H and O–H groups in total. The van der Waals surface area contributed by atoms with Crippen molar-refractivity contribution in [1.82, 2.24) is 15.2 Å². The maximum atomic E-state index is 6.01. The Bertz CT molecular complexity index is 880. The van der Waals surface area contributed by atoms with E-state index in [0.717, 1.165) is 17.0 Å². The van der Waals surface area contributed by atoms with Gasteiger partial charge in [-0.2, -0.15) is 4.98 Å². The molecule has 0 bridgehead atoms. The lowest BCUT2D eigenvalue weighted by Crippen LogP contribution is -2.23. The van der Waals surface area contributed by atoms with Crippen molar-refractivity contribution in [1.29, 1.82) is 0 Å². The summed E-state index contributed by atoms with van der Waals surface area (Å²) in [6.07, 6.45) is 6.87. The van der Waals surface area contributed by atoms with Crippen LogP contribution in [0.25, 0.3) is 17.3 Å². The van der Waals surface area contributed by atoms with Crippen LogP contribution < -0.4 is 10.1 Å². The SMILES string of the molecule is CSc1nnc2c(n1)O[C@@H](/C=C/c1ccco1)Nc1ccccc1-2. The third-order valence-corrected chi connectivity index (χ3v) is 4.05. The second-order valence-corrected chi connectivity index (χ2v) is 5.83. The zero-order chi connectivity index (χ0) is 16.4. The van der Waals surface area contributed by atoms with Crippen molar-refractivity contribution in [2.75, 3.05) is 11.6 Å². The molecule has 0 fully saturated rings. The van der Waals surface area contributed by atoms with E-state index >= 15 is 0 Å². The molecule has 0 radical (unpaired) electrons. The monoisotopic (exact) mass is 338 g/mol. The number of anilines is 1. The second-order valence-electron chi connectivity index (χ2n) is 5.06. The normalized spacial score (nSPS) is 16.0. The van der Waals surface area contributed by atoms with E-state index in [0.29, 0.717) is 16.7 Å². The highest BCUT2D eigenvalue weighted by Gasteiger charge is 2.23. The van der Waals surface area contributed by atoms with E-state index in [4.69, 9.17) is 9.15 Å². The van der Waals surface area contributed by atoms with Gasteiger partial charge >= 0.3 is 0 Å². The molecule has 1 aliphatic heterocycles. The van der Waals surface area contributed by atoms with Gasteiger partial charge in [0, 0.05) is 11.3 Å². The van der Waals surface area contributed by atoms with Crippen LogP contribution in [-0.4, -0.2) is 27.7 Å². The van der Waals surface area contributed by atoms with Crippen LogP contribution in [0.4, 0.5) is 5.69 Å². The number of hydrogen-bond acceptors (Lipinski definition) is 7. The Morgan fingerprint density at radius 2 is 2.08 bits per heavy atom. The minimum Gasteiger partial charge on any atom is -0.465 e. The molecule has 0 saturated carbocycles. The third kappa shape index (κ3) is 2.85. The molecule has 4 rings (SSSR count). The molecule has 1 aliphatic rings. The molecule has 1 aromatic carbocycles. The number of ether oxygens (including phenoxy) is 1. The number of hydrogen-bond donors (Lipinski definition) is 1. The first kappa shape index (κ1) is 14.8. The lowest BCUT2D eigenvalue weighted by atomic mass is 10.1. The molecule has 3 heterocycles. The predicted molar refractivity (Wildman–Crippen MR) is 92.8 cm³/mol. The van der Waals surface area contributed by atoms with Gasteiger partial charge in [-0.05, 0) is 36.6 Å². The maximum Gasteiger partial charge on any atom is 0.247 e. The van der Waals surface area contributed by atoms with Gasteiger partial charge in [-0.25, -0.2) is 0 Å². The molecule has 0 amide bonds. The van der Waals surface area contributed by atoms with E-state index in [2.05, 4.69) is 20.5 Å². The van der Waals surface area contributed by atoms with Crippen LogP contribution in [-0.2, 0) is 0 Å². The Labute approximate surface area is 143 Å². The van der Waals surface area contributed by atoms with Crippen molar-refractivity contribution in [3.8, 4) is 17.1 Å². The average Bonchev–Trinajstić information content (AvgIpc) is 3.08. The Morgan fingerprint density at radius 1 is 1.17 bits per heavy atom. The van der Waals surface area contributed by atoms with E-state index in [9.17, 15) is 0 Å². The van der Waals surface area contributed by atoms with E-state index in [-0.39, 0.29) is 0 Å². The van der Waals surface area contributed by atoms with Crippen LogP contribution in [0.3, 0.4) is 0 Å². The van der Waals surface area contributed by atoms with Gasteiger partial charge < -0.3 is 14.5 Å². The first-order chi connectivity index (χ1) is 11.8. The van der Waals surface area contributed by atoms with Crippen LogP contribution in [0.15, 0.2) is 58.3 Å². The lowest BCUT2D eigenvalue weighted by molar-refractivity contribution is 0.266. The summed E-state index contributed by atoms with van der Waals surface area (Å²) in [7, 11) is 0. The van der Waals surface area contributed by atoms with Gasteiger partial charge in [-0.1, -0.05) is 30.0 Å². The molecule has 0 unspecified atom stereocenters. The number of fused-ring (bicyclic) bond motifs is 3. The van der Waals surface area contributed by atoms with Gasteiger partial charge in [-0.15, -0.1) is 10.2 Å². The molecule has 24 heavy (non-hydrogen) atoms. The molecule has 120 valence electrons. The van der Waals surface area contributed by atoms with Crippen LogP contribution >= 0.6 is 11.8 Å². The molecular weight excluding hydrogens is 324 g/mol. The van der Waals surface area contributed by atoms with Gasteiger partial charge in [0.05, 0.1) is 6.26 Å². The number of benzene rings is 1. The Kier molecular flexibility index (Phi) is 3.92. The zero-order valence-electron chi connectivity index (χ0n) is 12.8. The summed E-state index contributed by atoms with van der Waals surface area (Å²) in [6, 6.07) is 11.6. The van der Waals surface area contributed by atoms with Crippen LogP contribution in [0.2, 0.25) is 0 Å². The average molecular weight is 338 g/mol. The fourth-order valence-electron chi connectivity index (χ4n) is 2.41. The fourth-order valence-corrected chi connectivity index (χ4v) is 2.71. The van der Waals surface area contributed by atoms with Crippen LogP contribution in [0.5, 0.6) is 5.88 Å². The smallest absolute Gasteiger partial charge is 0.247 e. The summed E-state index contributed by atoms with van der Waals surface area (Å²) >= 11 is 1.42. The largest absolute Gasteiger partial charge is 0.465 e. The highest BCUT2D eigenvalue weighted by molar-refractivity contribution is 7.98. The van der Waals surface area contributed by atoms with E-state index in [1.165, 1.54) is 11.8 Å². The van der Waals surface area contributed by atoms with Crippen molar-refractivity contribution in [3.63, 3.8) is 0 Å². The molecule has 3 aromatic rings. The summed E-state index contributed by atoms with van der Waals surface area (Å²) in [6.45, 7) is 0. The predicted octanol–water partition coefficient (Wildman–Crippen LogP) is 3.70. The van der Waals surface area contributed by atoms with E-state index < -0.39 is 6.23 Å². The number of nitrogens with one attached hydrogen (secondary N) is 1. The Hall–Kier alpha value is -2.80. The first-order valence-electron chi connectivity index (χ1n) is 7.36. The van der Waals surface area contributed by atoms with Crippen molar-refractivity contribution in [3.05, 3.63) is 54.5 Å². The first-order valence-corrected chi connectivity index (χ1v) is 8.59. The second kappa shape index (κ2) is 6.37. The number of para-hydroxylation sites is 1. The number of aromatic nitrogens is 3. The van der Waals surface area contributed by atoms with Crippen LogP contribution in [0, 0.1) is 0 Å². The highest BCUT2D eigenvalue weighted by Crippen LogP contribution is 2.36.